The van der Waals surface area contributed by atoms with Gasteiger partial charge in [-0.05, 0) is 63.2 Å². The molecular formula is C20H24N4O. The zero-order chi connectivity index (χ0) is 16.8. The Morgan fingerprint density at radius 1 is 1.12 bits per heavy atom. The highest BCUT2D eigenvalue weighted by molar-refractivity contribution is 5.80. The van der Waals surface area contributed by atoms with Crippen molar-refractivity contribution in [2.24, 2.45) is 0 Å². The first kappa shape index (κ1) is 15.1. The summed E-state index contributed by atoms with van der Waals surface area (Å²) in [7, 11) is 0. The average Bonchev–Trinajstić information content (AvgIpc) is 3.22. The van der Waals surface area contributed by atoms with Crippen LogP contribution in [0.25, 0.3) is 10.9 Å². The van der Waals surface area contributed by atoms with E-state index in [0.29, 0.717) is 11.8 Å². The molecule has 1 aliphatic carbocycles. The van der Waals surface area contributed by atoms with E-state index in [1.54, 1.807) is 0 Å². The molecule has 2 fully saturated rings. The number of benzene rings is 1. The number of nitrogens with zero attached hydrogens (tertiary/aromatic N) is 3. The minimum Gasteiger partial charge on any atom is -0.358 e. The molecule has 1 aliphatic heterocycles. The van der Waals surface area contributed by atoms with Gasteiger partial charge in [0.2, 0.25) is 5.89 Å². The Bertz CT molecular complexity index is 838. The van der Waals surface area contributed by atoms with E-state index in [9.17, 15) is 0 Å². The minimum atomic E-state index is 0.212. The molecule has 5 heteroatoms. The molecule has 1 saturated heterocycles. The third-order valence-corrected chi connectivity index (χ3v) is 5.83. The molecule has 0 bridgehead atoms. The number of likely N-dealkylation sites (tertiary alicyclic amines) is 1. The maximum atomic E-state index is 5.52. The molecule has 130 valence electrons. The standard InChI is InChI=1S/C20H24N4O/c1-13(20-22-19(23-25-20)15-6-7-15)24-10-8-14(9-11-24)18-12-16-4-2-3-5-17(16)21-18/h2-5,12-15,21H,6-11H2,1H3/t13-/m0/s1. The predicted molar refractivity (Wildman–Crippen MR) is 96.5 cm³/mol. The van der Waals surface area contributed by atoms with E-state index in [0.717, 1.165) is 24.8 Å². The van der Waals surface area contributed by atoms with Gasteiger partial charge in [-0.25, -0.2) is 0 Å². The van der Waals surface area contributed by atoms with Crippen molar-refractivity contribution in [3.8, 4) is 0 Å². The van der Waals surface area contributed by atoms with Gasteiger partial charge in [-0.3, -0.25) is 4.90 Å². The molecule has 3 heterocycles. The lowest BCUT2D eigenvalue weighted by atomic mass is 9.93. The van der Waals surface area contributed by atoms with Crippen molar-refractivity contribution in [1.82, 2.24) is 20.0 Å². The number of aromatic amines is 1. The van der Waals surface area contributed by atoms with Crippen LogP contribution in [0.3, 0.4) is 0 Å². The number of hydrogen-bond acceptors (Lipinski definition) is 4. The number of aromatic nitrogens is 3. The van der Waals surface area contributed by atoms with E-state index in [-0.39, 0.29) is 6.04 Å². The quantitative estimate of drug-likeness (QED) is 0.768. The Hall–Kier alpha value is -2.14. The summed E-state index contributed by atoms with van der Waals surface area (Å²) in [4.78, 5) is 10.7. The Labute approximate surface area is 147 Å². The Morgan fingerprint density at radius 3 is 2.68 bits per heavy atom. The van der Waals surface area contributed by atoms with Gasteiger partial charge < -0.3 is 9.51 Å². The van der Waals surface area contributed by atoms with Crippen molar-refractivity contribution in [3.63, 3.8) is 0 Å². The second kappa shape index (κ2) is 5.99. The van der Waals surface area contributed by atoms with Crippen LogP contribution in [-0.2, 0) is 0 Å². The van der Waals surface area contributed by atoms with Gasteiger partial charge in [-0.2, -0.15) is 4.98 Å². The number of hydrogen-bond donors (Lipinski definition) is 1. The number of piperidine rings is 1. The minimum absolute atomic E-state index is 0.212. The molecule has 1 saturated carbocycles. The van der Waals surface area contributed by atoms with Gasteiger partial charge in [0.1, 0.15) is 0 Å². The number of fused-ring (bicyclic) bond motifs is 1. The van der Waals surface area contributed by atoms with E-state index >= 15 is 0 Å². The fraction of sp³-hybridized carbons (Fsp3) is 0.500. The summed E-state index contributed by atoms with van der Waals surface area (Å²) >= 11 is 0. The fourth-order valence-electron chi connectivity index (χ4n) is 3.99. The molecule has 0 amide bonds. The van der Waals surface area contributed by atoms with Crippen molar-refractivity contribution in [1.29, 1.82) is 0 Å². The van der Waals surface area contributed by atoms with Crippen molar-refractivity contribution >= 4 is 10.9 Å². The molecule has 0 unspecified atom stereocenters. The first-order valence-corrected chi connectivity index (χ1v) is 9.43. The van der Waals surface area contributed by atoms with E-state index < -0.39 is 0 Å². The Morgan fingerprint density at radius 2 is 1.92 bits per heavy atom. The zero-order valence-electron chi connectivity index (χ0n) is 14.6. The molecule has 1 aromatic carbocycles. The van der Waals surface area contributed by atoms with Gasteiger partial charge in [-0.1, -0.05) is 23.4 Å². The van der Waals surface area contributed by atoms with Crippen molar-refractivity contribution in [2.75, 3.05) is 13.1 Å². The summed E-state index contributed by atoms with van der Waals surface area (Å²) < 4.78 is 5.52. The van der Waals surface area contributed by atoms with Crippen molar-refractivity contribution < 1.29 is 4.52 Å². The third kappa shape index (κ3) is 2.86. The monoisotopic (exact) mass is 336 g/mol. The lowest BCUT2D eigenvalue weighted by molar-refractivity contribution is 0.136. The Kier molecular flexibility index (Phi) is 3.63. The number of rotatable bonds is 4. The third-order valence-electron chi connectivity index (χ3n) is 5.83. The number of H-pyrrole nitrogens is 1. The van der Waals surface area contributed by atoms with E-state index in [1.165, 1.54) is 42.3 Å². The van der Waals surface area contributed by atoms with Gasteiger partial charge in [0, 0.05) is 23.0 Å². The summed E-state index contributed by atoms with van der Waals surface area (Å²) in [5.41, 5.74) is 2.62. The van der Waals surface area contributed by atoms with Crippen LogP contribution in [0.1, 0.15) is 67.9 Å². The van der Waals surface area contributed by atoms with E-state index in [4.69, 9.17) is 4.52 Å². The molecular weight excluding hydrogens is 312 g/mol. The van der Waals surface area contributed by atoms with E-state index in [1.807, 2.05) is 0 Å². The number of nitrogens with one attached hydrogen (secondary N) is 1. The average molecular weight is 336 g/mol. The van der Waals surface area contributed by atoms with Gasteiger partial charge in [0.25, 0.3) is 0 Å². The molecule has 1 N–H and O–H groups in total. The van der Waals surface area contributed by atoms with Crippen LogP contribution in [0.15, 0.2) is 34.9 Å². The van der Waals surface area contributed by atoms with Crippen LogP contribution in [0.5, 0.6) is 0 Å². The normalized spacial score (nSPS) is 21.0. The van der Waals surface area contributed by atoms with Crippen LogP contribution in [-0.4, -0.2) is 33.1 Å². The number of para-hydroxylation sites is 1. The van der Waals surface area contributed by atoms with Crippen LogP contribution in [0, 0.1) is 0 Å². The summed E-state index contributed by atoms with van der Waals surface area (Å²) in [5.74, 6) is 2.86. The maximum Gasteiger partial charge on any atom is 0.243 e. The molecule has 3 aromatic rings. The smallest absolute Gasteiger partial charge is 0.243 e. The van der Waals surface area contributed by atoms with Crippen LogP contribution in [0.4, 0.5) is 0 Å². The predicted octanol–water partition coefficient (Wildman–Crippen LogP) is 4.37. The highest BCUT2D eigenvalue weighted by atomic mass is 16.5. The highest BCUT2D eigenvalue weighted by Crippen LogP contribution is 2.39. The van der Waals surface area contributed by atoms with Gasteiger partial charge in [0.05, 0.1) is 6.04 Å². The molecule has 0 spiro atoms. The van der Waals surface area contributed by atoms with Gasteiger partial charge in [0.15, 0.2) is 5.82 Å². The Balaban J connectivity index is 1.25. The highest BCUT2D eigenvalue weighted by Gasteiger charge is 2.32. The van der Waals surface area contributed by atoms with E-state index in [2.05, 4.69) is 57.3 Å². The lowest BCUT2D eigenvalue weighted by Crippen LogP contribution is -2.35. The molecule has 2 aromatic heterocycles. The fourth-order valence-corrected chi connectivity index (χ4v) is 3.99. The molecule has 25 heavy (non-hydrogen) atoms. The summed E-state index contributed by atoms with van der Waals surface area (Å²) in [6.45, 7) is 4.33. The van der Waals surface area contributed by atoms with Gasteiger partial charge in [-0.15, -0.1) is 0 Å². The maximum absolute atomic E-state index is 5.52. The first-order valence-electron chi connectivity index (χ1n) is 9.43. The first-order chi connectivity index (χ1) is 12.3. The lowest BCUT2D eigenvalue weighted by Gasteiger charge is -2.34. The largest absolute Gasteiger partial charge is 0.358 e. The van der Waals surface area contributed by atoms with Crippen molar-refractivity contribution in [2.45, 2.75) is 50.5 Å². The van der Waals surface area contributed by atoms with Crippen molar-refractivity contribution in [3.05, 3.63) is 47.7 Å². The molecule has 0 radical (unpaired) electrons. The summed E-state index contributed by atoms with van der Waals surface area (Å²) in [6, 6.07) is 11.1. The molecule has 2 aliphatic rings. The van der Waals surface area contributed by atoms with Crippen LogP contribution >= 0.6 is 0 Å². The second-order valence-corrected chi connectivity index (χ2v) is 7.56. The van der Waals surface area contributed by atoms with Gasteiger partial charge >= 0.3 is 0 Å². The van der Waals surface area contributed by atoms with Crippen LogP contribution < -0.4 is 0 Å². The topological polar surface area (TPSA) is 58.0 Å². The molecule has 1 atom stereocenters. The second-order valence-electron chi connectivity index (χ2n) is 7.56. The SMILES string of the molecule is C[C@@H](c1nc(C2CC2)no1)N1CCC(c2cc3ccccc3[nH]2)CC1. The molecule has 5 rings (SSSR count). The summed E-state index contributed by atoms with van der Waals surface area (Å²) in [5, 5.41) is 5.47. The molecule has 5 nitrogen and oxygen atoms in total. The van der Waals surface area contributed by atoms with Crippen LogP contribution in [0.2, 0.25) is 0 Å². The zero-order valence-corrected chi connectivity index (χ0v) is 14.6. The summed E-state index contributed by atoms with van der Waals surface area (Å²) in [6.07, 6.45) is 4.76.